The second-order valence-electron chi connectivity index (χ2n) is 7.59. The van der Waals surface area contributed by atoms with Crippen LogP contribution in [-0.2, 0) is 5.54 Å². The number of hydrogen-bond donors (Lipinski definition) is 2. The van der Waals surface area contributed by atoms with Crippen molar-refractivity contribution in [2.24, 2.45) is 16.6 Å². The normalized spacial score (nSPS) is 26.0. The summed E-state index contributed by atoms with van der Waals surface area (Å²) in [5.74, 6) is 0.632. The molecule has 166 valence electrons. The lowest BCUT2D eigenvalue weighted by atomic mass is 9.85. The number of amidine groups is 1. The summed E-state index contributed by atoms with van der Waals surface area (Å²) < 4.78 is 45.9. The molecule has 7 nitrogen and oxygen atoms in total. The van der Waals surface area contributed by atoms with E-state index in [4.69, 9.17) is 16.9 Å². The van der Waals surface area contributed by atoms with Crippen molar-refractivity contribution in [3.63, 3.8) is 0 Å². The Morgan fingerprint density at radius 3 is 2.88 bits per heavy atom. The van der Waals surface area contributed by atoms with Gasteiger partial charge >= 0.3 is 0 Å². The molecule has 0 radical (unpaired) electrons. The Balaban J connectivity index is 1.58. The first-order valence-electron chi connectivity index (χ1n) is 9.52. The standard InChI is InChI=1S/C21H18F3N5O2S/c1-3-6-31-16-10-26-14(9-27-16)17(30)28-11-4-5-13(22)12(7-11)20(2)15-8-21(15,18(23)24)32-19(25)29-20/h1,4-5,7,9-10,15,18H,6,8H2,2H3,(H2,25,29)(H,28,30)/t15-,20+,21-/m0/s1. The third-order valence-electron chi connectivity index (χ3n) is 5.57. The molecule has 1 saturated carbocycles. The van der Waals surface area contributed by atoms with E-state index in [2.05, 4.69) is 26.2 Å². The lowest BCUT2D eigenvalue weighted by Crippen LogP contribution is -2.38. The van der Waals surface area contributed by atoms with Crippen LogP contribution in [0.1, 0.15) is 29.4 Å². The fourth-order valence-electron chi connectivity index (χ4n) is 3.91. The van der Waals surface area contributed by atoms with Crippen LogP contribution in [0, 0.1) is 24.1 Å². The Bertz CT molecular complexity index is 1140. The molecule has 11 heteroatoms. The summed E-state index contributed by atoms with van der Waals surface area (Å²) in [5.41, 5.74) is 4.86. The molecule has 1 fully saturated rings. The van der Waals surface area contributed by atoms with Crippen molar-refractivity contribution in [2.75, 3.05) is 11.9 Å². The number of carbonyl (C=O) groups excluding carboxylic acids is 1. The van der Waals surface area contributed by atoms with Crippen LogP contribution in [0.25, 0.3) is 0 Å². The average molecular weight is 461 g/mol. The second-order valence-corrected chi connectivity index (χ2v) is 8.98. The lowest BCUT2D eigenvalue weighted by molar-refractivity contribution is 0.102. The highest BCUT2D eigenvalue weighted by Gasteiger charge is 2.71. The number of thioether (sulfide) groups is 1. The number of carbonyl (C=O) groups is 1. The Morgan fingerprint density at radius 2 is 2.22 bits per heavy atom. The van der Waals surface area contributed by atoms with Crippen LogP contribution in [-0.4, -0.2) is 38.8 Å². The molecule has 1 aromatic carbocycles. The first-order chi connectivity index (χ1) is 15.2. The zero-order valence-electron chi connectivity index (χ0n) is 16.8. The fraction of sp³-hybridized carbons (Fsp3) is 0.333. The van der Waals surface area contributed by atoms with E-state index in [-0.39, 0.29) is 41.0 Å². The number of fused-ring (bicyclic) bond motifs is 1. The quantitative estimate of drug-likeness (QED) is 0.641. The molecule has 1 aliphatic heterocycles. The third kappa shape index (κ3) is 3.75. The molecule has 3 N–H and O–H groups in total. The van der Waals surface area contributed by atoms with E-state index in [1.54, 1.807) is 6.92 Å². The molecule has 4 rings (SSSR count). The van der Waals surface area contributed by atoms with Crippen LogP contribution in [0.5, 0.6) is 5.88 Å². The number of nitrogens with one attached hydrogen (secondary N) is 1. The van der Waals surface area contributed by atoms with Crippen LogP contribution in [0.2, 0.25) is 0 Å². The molecule has 1 aromatic heterocycles. The number of aromatic nitrogens is 2. The first-order valence-corrected chi connectivity index (χ1v) is 10.3. The van der Waals surface area contributed by atoms with E-state index in [1.807, 2.05) is 0 Å². The van der Waals surface area contributed by atoms with Gasteiger partial charge in [-0.05, 0) is 31.5 Å². The van der Waals surface area contributed by atoms with E-state index in [0.717, 1.165) is 17.8 Å². The zero-order valence-corrected chi connectivity index (χ0v) is 17.6. The minimum atomic E-state index is -2.62. The molecule has 0 saturated heterocycles. The van der Waals surface area contributed by atoms with E-state index in [1.165, 1.54) is 24.5 Å². The fourth-order valence-corrected chi connectivity index (χ4v) is 5.25. The topological polar surface area (TPSA) is 102 Å². The summed E-state index contributed by atoms with van der Waals surface area (Å²) >= 11 is 0.841. The van der Waals surface area contributed by atoms with Gasteiger partial charge in [0.15, 0.2) is 11.8 Å². The van der Waals surface area contributed by atoms with Crippen molar-refractivity contribution in [1.29, 1.82) is 0 Å². The molecule has 0 spiro atoms. The molecule has 0 unspecified atom stereocenters. The van der Waals surface area contributed by atoms with Gasteiger partial charge in [-0.15, -0.1) is 6.42 Å². The first kappa shape index (κ1) is 22.0. The number of benzene rings is 1. The number of nitrogens with two attached hydrogens (primary N) is 1. The SMILES string of the molecule is C#CCOc1cnc(C(=O)Nc2ccc(F)c([C@@]3(C)N=C(N)S[C@@]4(C(F)F)C[C@@H]34)c2)cn1. The minimum absolute atomic E-state index is 0.00890. The summed E-state index contributed by atoms with van der Waals surface area (Å²) in [6.07, 6.45) is 5.09. The molecular weight excluding hydrogens is 443 g/mol. The maximum Gasteiger partial charge on any atom is 0.275 e. The van der Waals surface area contributed by atoms with Crippen molar-refractivity contribution in [3.8, 4) is 18.2 Å². The predicted molar refractivity (Wildman–Crippen MR) is 114 cm³/mol. The van der Waals surface area contributed by atoms with Crippen molar-refractivity contribution < 1.29 is 22.7 Å². The number of amides is 1. The van der Waals surface area contributed by atoms with E-state index in [0.29, 0.717) is 0 Å². The van der Waals surface area contributed by atoms with Crippen LogP contribution in [0.15, 0.2) is 35.6 Å². The molecule has 1 amide bonds. The highest BCUT2D eigenvalue weighted by atomic mass is 32.2. The number of halogens is 3. The molecule has 0 bridgehead atoms. The Morgan fingerprint density at radius 1 is 1.44 bits per heavy atom. The lowest BCUT2D eigenvalue weighted by Gasteiger charge is -2.34. The van der Waals surface area contributed by atoms with Gasteiger partial charge in [0.05, 0.1) is 22.7 Å². The number of aliphatic imine (C=N–C) groups is 1. The Labute approximate surface area is 186 Å². The van der Waals surface area contributed by atoms with Gasteiger partial charge in [0.25, 0.3) is 12.3 Å². The summed E-state index contributed by atoms with van der Waals surface area (Å²) in [7, 11) is 0. The van der Waals surface area contributed by atoms with Gasteiger partial charge in [-0.3, -0.25) is 9.79 Å². The zero-order chi connectivity index (χ0) is 23.1. The number of anilines is 1. The van der Waals surface area contributed by atoms with Crippen molar-refractivity contribution in [3.05, 3.63) is 47.7 Å². The third-order valence-corrected chi connectivity index (χ3v) is 6.88. The van der Waals surface area contributed by atoms with Gasteiger partial charge < -0.3 is 15.8 Å². The van der Waals surface area contributed by atoms with Gasteiger partial charge in [0, 0.05) is 17.2 Å². The second kappa shape index (κ2) is 8.02. The largest absolute Gasteiger partial charge is 0.463 e. The number of hydrogen-bond acceptors (Lipinski definition) is 7. The molecule has 32 heavy (non-hydrogen) atoms. The molecule has 2 heterocycles. The maximum atomic E-state index is 14.8. The molecule has 2 aromatic rings. The highest BCUT2D eigenvalue weighted by Crippen LogP contribution is 2.68. The van der Waals surface area contributed by atoms with Crippen LogP contribution >= 0.6 is 11.8 Å². The van der Waals surface area contributed by atoms with E-state index < -0.39 is 34.4 Å². The van der Waals surface area contributed by atoms with Crippen molar-refractivity contribution in [2.45, 2.75) is 30.1 Å². The minimum Gasteiger partial charge on any atom is -0.463 e. The van der Waals surface area contributed by atoms with Gasteiger partial charge in [-0.25, -0.2) is 23.1 Å². The Hall–Kier alpha value is -3.26. The highest BCUT2D eigenvalue weighted by molar-refractivity contribution is 8.15. The van der Waals surface area contributed by atoms with Crippen molar-refractivity contribution in [1.82, 2.24) is 9.97 Å². The van der Waals surface area contributed by atoms with Crippen molar-refractivity contribution >= 4 is 28.5 Å². The Kier molecular flexibility index (Phi) is 5.50. The monoisotopic (exact) mass is 461 g/mol. The molecule has 2 aliphatic rings. The van der Waals surface area contributed by atoms with E-state index >= 15 is 0 Å². The summed E-state index contributed by atoms with van der Waals surface area (Å²) in [6.45, 7) is 1.59. The number of ether oxygens (including phenoxy) is 1. The van der Waals surface area contributed by atoms with Gasteiger partial charge in [0.1, 0.15) is 11.5 Å². The summed E-state index contributed by atoms with van der Waals surface area (Å²) in [4.78, 5) is 24.8. The van der Waals surface area contributed by atoms with Gasteiger partial charge in [-0.2, -0.15) is 0 Å². The average Bonchev–Trinajstić information content (AvgIpc) is 3.51. The predicted octanol–water partition coefficient (Wildman–Crippen LogP) is 3.18. The van der Waals surface area contributed by atoms with Crippen LogP contribution in [0.4, 0.5) is 18.9 Å². The van der Waals surface area contributed by atoms with E-state index in [9.17, 15) is 18.0 Å². The van der Waals surface area contributed by atoms with Crippen LogP contribution < -0.4 is 15.8 Å². The van der Waals surface area contributed by atoms with Crippen LogP contribution in [0.3, 0.4) is 0 Å². The smallest absolute Gasteiger partial charge is 0.275 e. The number of rotatable bonds is 6. The maximum absolute atomic E-state index is 14.8. The number of nitrogens with zero attached hydrogens (tertiary/aromatic N) is 3. The number of alkyl halides is 2. The molecule has 1 aliphatic carbocycles. The molecule has 3 atom stereocenters. The summed E-state index contributed by atoms with van der Waals surface area (Å²) in [6, 6.07) is 3.89. The number of terminal acetylenes is 1. The summed E-state index contributed by atoms with van der Waals surface area (Å²) in [5, 5.41) is 2.59. The van der Waals surface area contributed by atoms with Gasteiger partial charge in [-0.1, -0.05) is 17.7 Å². The van der Waals surface area contributed by atoms with Gasteiger partial charge in [0.2, 0.25) is 5.88 Å². The molecular formula is C21H18F3N5O2S.